The second-order valence-corrected chi connectivity index (χ2v) is 7.42. The number of carbonyl (C=O) groups excluding carboxylic acids is 4. The van der Waals surface area contributed by atoms with E-state index < -0.39 is 17.3 Å². The molecule has 26 heavy (non-hydrogen) atoms. The summed E-state index contributed by atoms with van der Waals surface area (Å²) in [5.41, 5.74) is 0. The fourth-order valence-corrected chi connectivity index (χ4v) is 3.18. The molecule has 1 N–H and O–H groups in total. The van der Waals surface area contributed by atoms with Gasteiger partial charge in [0.2, 0.25) is 11.8 Å². The van der Waals surface area contributed by atoms with Gasteiger partial charge in [0.15, 0.2) is 5.12 Å². The van der Waals surface area contributed by atoms with Crippen LogP contribution in [0.15, 0.2) is 0 Å². The summed E-state index contributed by atoms with van der Waals surface area (Å²) < 4.78 is 4.77. The molecule has 0 bridgehead atoms. The third-order valence-corrected chi connectivity index (χ3v) is 5.13. The molecule has 0 saturated heterocycles. The fourth-order valence-electron chi connectivity index (χ4n) is 2.24. The number of nitrogens with one attached hydrogen (secondary N) is 1. The van der Waals surface area contributed by atoms with Crippen LogP contribution in [-0.4, -0.2) is 58.8 Å². The molecule has 0 aromatic heterocycles. The van der Waals surface area contributed by atoms with E-state index in [1.807, 2.05) is 20.8 Å². The zero-order chi connectivity index (χ0) is 20.3. The molecule has 0 aliphatic rings. The van der Waals surface area contributed by atoms with Crippen molar-refractivity contribution in [1.82, 2.24) is 10.2 Å². The molecule has 150 valence electrons. The van der Waals surface area contributed by atoms with Gasteiger partial charge < -0.3 is 15.0 Å². The number of ether oxygens (including phenoxy) is 1. The van der Waals surface area contributed by atoms with E-state index in [4.69, 9.17) is 4.74 Å². The number of likely N-dealkylation sites (N-methyl/N-ethyl adjacent to an activating group) is 1. The molecule has 3 atom stereocenters. The van der Waals surface area contributed by atoms with Gasteiger partial charge in [-0.25, -0.2) is 0 Å². The van der Waals surface area contributed by atoms with Crippen LogP contribution in [0.1, 0.15) is 54.4 Å². The predicted octanol–water partition coefficient (Wildman–Crippen LogP) is 1.99. The third kappa shape index (κ3) is 8.21. The van der Waals surface area contributed by atoms with Crippen LogP contribution in [-0.2, 0) is 23.9 Å². The summed E-state index contributed by atoms with van der Waals surface area (Å²) in [6.45, 7) is 12.0. The van der Waals surface area contributed by atoms with E-state index in [1.165, 1.54) is 0 Å². The Hall–Kier alpha value is -1.57. The Balaban J connectivity index is 5.17. The number of thioether (sulfide) groups is 1. The van der Waals surface area contributed by atoms with Crippen LogP contribution in [0.4, 0.5) is 0 Å². The highest BCUT2D eigenvalue weighted by atomic mass is 32.2. The molecular formula is C18H32N2O5S. The van der Waals surface area contributed by atoms with Crippen LogP contribution in [0.3, 0.4) is 0 Å². The lowest BCUT2D eigenvalue weighted by Gasteiger charge is -2.29. The van der Waals surface area contributed by atoms with Gasteiger partial charge in [-0.3, -0.25) is 19.2 Å². The number of nitrogens with zero attached hydrogens (tertiary/aromatic N) is 1. The van der Waals surface area contributed by atoms with Gasteiger partial charge >= 0.3 is 5.97 Å². The topological polar surface area (TPSA) is 92.8 Å². The minimum atomic E-state index is -0.826. The summed E-state index contributed by atoms with van der Waals surface area (Å²) in [5, 5.41) is 1.90. The van der Waals surface area contributed by atoms with Crippen molar-refractivity contribution in [2.45, 2.75) is 65.7 Å². The van der Waals surface area contributed by atoms with E-state index >= 15 is 0 Å². The van der Waals surface area contributed by atoms with E-state index in [0.29, 0.717) is 19.5 Å². The summed E-state index contributed by atoms with van der Waals surface area (Å²) in [5.74, 6) is -1.26. The minimum Gasteiger partial charge on any atom is -0.466 e. The predicted molar refractivity (Wildman–Crippen MR) is 103 cm³/mol. The number of rotatable bonds is 11. The van der Waals surface area contributed by atoms with E-state index in [0.717, 1.165) is 11.8 Å². The second-order valence-electron chi connectivity index (χ2n) is 5.98. The number of hydrogen-bond acceptors (Lipinski definition) is 6. The first-order chi connectivity index (χ1) is 12.2. The summed E-state index contributed by atoms with van der Waals surface area (Å²) >= 11 is 0.888. The highest BCUT2D eigenvalue weighted by Crippen LogP contribution is 2.20. The number of esters is 1. The van der Waals surface area contributed by atoms with Crippen molar-refractivity contribution in [3.8, 4) is 0 Å². The van der Waals surface area contributed by atoms with Gasteiger partial charge in [-0.1, -0.05) is 32.5 Å². The Bertz CT molecular complexity index is 494. The molecule has 2 amide bonds. The molecule has 0 fully saturated rings. The molecule has 0 aromatic rings. The molecule has 0 radical (unpaired) electrons. The first kappa shape index (κ1) is 24.4. The first-order valence-electron chi connectivity index (χ1n) is 9.15. The monoisotopic (exact) mass is 388 g/mol. The largest absolute Gasteiger partial charge is 0.466 e. The summed E-state index contributed by atoms with van der Waals surface area (Å²) in [7, 11) is 0. The molecule has 0 saturated carbocycles. The summed E-state index contributed by atoms with van der Waals surface area (Å²) in [6.07, 6.45) is 0.301. The molecule has 0 spiro atoms. The van der Waals surface area contributed by atoms with Crippen molar-refractivity contribution in [2.75, 3.05) is 19.7 Å². The van der Waals surface area contributed by atoms with Gasteiger partial charge in [0.25, 0.3) is 0 Å². The lowest BCUT2D eigenvalue weighted by molar-refractivity contribution is -0.144. The average molecular weight is 389 g/mol. The second kappa shape index (κ2) is 12.7. The molecule has 7 nitrogen and oxygen atoms in total. The van der Waals surface area contributed by atoms with Gasteiger partial charge in [-0.15, -0.1) is 0 Å². The number of hydrogen-bond donors (Lipinski definition) is 1. The van der Waals surface area contributed by atoms with Gasteiger partial charge in [-0.2, -0.15) is 0 Å². The Morgan fingerprint density at radius 2 is 1.62 bits per heavy atom. The van der Waals surface area contributed by atoms with Gasteiger partial charge in [-0.05, 0) is 27.2 Å². The third-order valence-electron chi connectivity index (χ3n) is 4.08. The standard InChI is InChI=1S/C18H32N2O5S/c1-7-12(5)17(23)19-16(18(24)20(8-2)9-3)13(6)26-15(22)11-14(21)25-10-4/h12-13,16H,7-11H2,1-6H3,(H,19,23). The smallest absolute Gasteiger partial charge is 0.314 e. The molecule has 0 aromatic carbocycles. The molecule has 0 rings (SSSR count). The quantitative estimate of drug-likeness (QED) is 0.430. The van der Waals surface area contributed by atoms with Crippen molar-refractivity contribution in [1.29, 1.82) is 0 Å². The minimum absolute atomic E-state index is 0.209. The Morgan fingerprint density at radius 1 is 1.04 bits per heavy atom. The van der Waals surface area contributed by atoms with E-state index in [-0.39, 0.29) is 35.9 Å². The average Bonchev–Trinajstić information content (AvgIpc) is 2.59. The molecule has 8 heteroatoms. The SMILES string of the molecule is CCOC(=O)CC(=O)SC(C)C(NC(=O)C(C)CC)C(=O)N(CC)CC. The lowest BCUT2D eigenvalue weighted by atomic mass is 10.1. The van der Waals surface area contributed by atoms with E-state index in [9.17, 15) is 19.2 Å². The van der Waals surface area contributed by atoms with Crippen LogP contribution in [0.5, 0.6) is 0 Å². The maximum absolute atomic E-state index is 12.8. The molecule has 0 heterocycles. The highest BCUT2D eigenvalue weighted by Gasteiger charge is 2.32. The van der Waals surface area contributed by atoms with E-state index in [2.05, 4.69) is 5.32 Å². The van der Waals surface area contributed by atoms with Crippen molar-refractivity contribution in [3.05, 3.63) is 0 Å². The Morgan fingerprint density at radius 3 is 2.08 bits per heavy atom. The maximum Gasteiger partial charge on any atom is 0.314 e. The normalized spacial score (nSPS) is 14.1. The zero-order valence-electron chi connectivity index (χ0n) is 16.7. The highest BCUT2D eigenvalue weighted by molar-refractivity contribution is 8.14. The molecular weight excluding hydrogens is 356 g/mol. The number of amides is 2. The molecule has 3 unspecified atom stereocenters. The van der Waals surface area contributed by atoms with Crippen LogP contribution < -0.4 is 5.32 Å². The summed E-state index contributed by atoms with van der Waals surface area (Å²) in [6, 6.07) is -0.826. The van der Waals surface area contributed by atoms with Crippen molar-refractivity contribution >= 4 is 34.7 Å². The van der Waals surface area contributed by atoms with E-state index in [1.54, 1.807) is 25.7 Å². The van der Waals surface area contributed by atoms with Crippen molar-refractivity contribution in [3.63, 3.8) is 0 Å². The van der Waals surface area contributed by atoms with Gasteiger partial charge in [0.05, 0.1) is 6.61 Å². The first-order valence-corrected chi connectivity index (χ1v) is 10.0. The van der Waals surface area contributed by atoms with Crippen molar-refractivity contribution in [2.24, 2.45) is 5.92 Å². The van der Waals surface area contributed by atoms with Gasteiger partial charge in [0, 0.05) is 24.3 Å². The van der Waals surface area contributed by atoms with Crippen LogP contribution in [0, 0.1) is 5.92 Å². The zero-order valence-corrected chi connectivity index (χ0v) is 17.5. The van der Waals surface area contributed by atoms with Crippen LogP contribution in [0.2, 0.25) is 0 Å². The maximum atomic E-state index is 12.8. The van der Waals surface area contributed by atoms with Crippen LogP contribution in [0.25, 0.3) is 0 Å². The number of carbonyl (C=O) groups is 4. The molecule has 0 aliphatic heterocycles. The molecule has 0 aliphatic carbocycles. The van der Waals surface area contributed by atoms with Crippen molar-refractivity contribution < 1.29 is 23.9 Å². The van der Waals surface area contributed by atoms with Gasteiger partial charge in [0.1, 0.15) is 12.5 Å². The summed E-state index contributed by atoms with van der Waals surface area (Å²) in [4.78, 5) is 50.2. The lowest BCUT2D eigenvalue weighted by Crippen LogP contribution is -2.54. The van der Waals surface area contributed by atoms with Crippen LogP contribution >= 0.6 is 11.8 Å². The Labute approximate surface area is 160 Å². The Kier molecular flexibility index (Phi) is 12.0. The fraction of sp³-hybridized carbons (Fsp3) is 0.778.